The molecule has 1 N–H and O–H groups in total. The molecule has 0 amide bonds. The summed E-state index contributed by atoms with van der Waals surface area (Å²) >= 11 is 5.05. The summed E-state index contributed by atoms with van der Waals surface area (Å²) in [6, 6.07) is 6.35. The monoisotopic (exact) mass is 326 g/mol. The van der Waals surface area contributed by atoms with Gasteiger partial charge in [0, 0.05) is 21.5 Å². The SMILES string of the molecule is CNC(C)c1ccc(Br)cc1OCc1cscn1. The third-order valence-electron chi connectivity index (χ3n) is 2.73. The maximum absolute atomic E-state index is 5.86. The molecule has 1 atom stereocenters. The van der Waals surface area contributed by atoms with Crippen LogP contribution in [0.5, 0.6) is 5.75 Å². The number of rotatable bonds is 5. The number of halogens is 1. The molecular weight excluding hydrogens is 312 g/mol. The van der Waals surface area contributed by atoms with Gasteiger partial charge in [0.15, 0.2) is 0 Å². The molecule has 0 radical (unpaired) electrons. The van der Waals surface area contributed by atoms with Gasteiger partial charge >= 0.3 is 0 Å². The van der Waals surface area contributed by atoms with Crippen LogP contribution in [0.2, 0.25) is 0 Å². The first kappa shape index (κ1) is 13.5. The van der Waals surface area contributed by atoms with Gasteiger partial charge in [0.1, 0.15) is 12.4 Å². The van der Waals surface area contributed by atoms with Crippen LogP contribution in [-0.2, 0) is 6.61 Å². The molecule has 0 aliphatic heterocycles. The highest BCUT2D eigenvalue weighted by molar-refractivity contribution is 9.10. The summed E-state index contributed by atoms with van der Waals surface area (Å²) in [6.45, 7) is 2.61. The Morgan fingerprint density at radius 3 is 3.00 bits per heavy atom. The van der Waals surface area contributed by atoms with Gasteiger partial charge in [-0.2, -0.15) is 0 Å². The maximum atomic E-state index is 5.86. The van der Waals surface area contributed by atoms with Crippen LogP contribution in [0, 0.1) is 0 Å². The fourth-order valence-electron chi connectivity index (χ4n) is 1.61. The summed E-state index contributed by atoms with van der Waals surface area (Å²) < 4.78 is 6.88. The van der Waals surface area contributed by atoms with Crippen molar-refractivity contribution in [3.63, 3.8) is 0 Å². The Balaban J connectivity index is 2.17. The highest BCUT2D eigenvalue weighted by Gasteiger charge is 2.11. The van der Waals surface area contributed by atoms with Crippen molar-refractivity contribution in [2.75, 3.05) is 7.05 Å². The number of benzene rings is 1. The Hall–Kier alpha value is -0.910. The minimum Gasteiger partial charge on any atom is -0.487 e. The summed E-state index contributed by atoms with van der Waals surface area (Å²) in [6.07, 6.45) is 0. The number of hydrogen-bond acceptors (Lipinski definition) is 4. The van der Waals surface area contributed by atoms with Crippen molar-refractivity contribution in [3.8, 4) is 5.75 Å². The number of thiazole rings is 1. The van der Waals surface area contributed by atoms with Gasteiger partial charge in [-0.25, -0.2) is 4.98 Å². The molecule has 0 aliphatic rings. The minimum atomic E-state index is 0.253. The van der Waals surface area contributed by atoms with Gasteiger partial charge in [-0.15, -0.1) is 11.3 Å². The standard InChI is InChI=1S/C13H15BrN2OS/c1-9(15-2)12-4-3-10(14)5-13(12)17-6-11-7-18-8-16-11/h3-5,7-9,15H,6H2,1-2H3. The first-order valence-corrected chi connectivity index (χ1v) is 7.41. The first-order valence-electron chi connectivity index (χ1n) is 5.67. The molecule has 0 fully saturated rings. The Labute approximate surface area is 119 Å². The summed E-state index contributed by atoms with van der Waals surface area (Å²) in [5, 5.41) is 5.22. The normalized spacial score (nSPS) is 12.4. The molecule has 5 heteroatoms. The van der Waals surface area contributed by atoms with E-state index >= 15 is 0 Å². The summed E-state index contributed by atoms with van der Waals surface area (Å²) in [5.41, 5.74) is 3.93. The zero-order valence-electron chi connectivity index (χ0n) is 10.3. The highest BCUT2D eigenvalue weighted by Crippen LogP contribution is 2.29. The average molecular weight is 327 g/mol. The average Bonchev–Trinajstić information content (AvgIpc) is 2.88. The molecule has 0 spiro atoms. The van der Waals surface area contributed by atoms with E-state index in [1.54, 1.807) is 11.3 Å². The van der Waals surface area contributed by atoms with Gasteiger partial charge in [0.05, 0.1) is 11.2 Å². The van der Waals surface area contributed by atoms with Gasteiger partial charge in [-0.3, -0.25) is 0 Å². The molecule has 0 bridgehead atoms. The van der Waals surface area contributed by atoms with E-state index in [1.165, 1.54) is 0 Å². The van der Waals surface area contributed by atoms with Gasteiger partial charge < -0.3 is 10.1 Å². The maximum Gasteiger partial charge on any atom is 0.131 e. The second-order valence-corrected chi connectivity index (χ2v) is 5.60. The third-order valence-corrected chi connectivity index (χ3v) is 3.86. The molecule has 96 valence electrons. The summed E-state index contributed by atoms with van der Waals surface area (Å²) in [5.74, 6) is 0.888. The highest BCUT2D eigenvalue weighted by atomic mass is 79.9. The minimum absolute atomic E-state index is 0.253. The molecular formula is C13H15BrN2OS. The van der Waals surface area contributed by atoms with Crippen molar-refractivity contribution >= 4 is 27.3 Å². The van der Waals surface area contributed by atoms with Gasteiger partial charge in [-0.1, -0.05) is 22.0 Å². The first-order chi connectivity index (χ1) is 8.70. The number of nitrogens with zero attached hydrogens (tertiary/aromatic N) is 1. The molecule has 18 heavy (non-hydrogen) atoms. The zero-order chi connectivity index (χ0) is 13.0. The van der Waals surface area contributed by atoms with Crippen LogP contribution in [0.25, 0.3) is 0 Å². The van der Waals surface area contributed by atoms with Crippen molar-refractivity contribution in [1.82, 2.24) is 10.3 Å². The van der Waals surface area contributed by atoms with Crippen molar-refractivity contribution in [3.05, 3.63) is 44.8 Å². The number of nitrogens with one attached hydrogen (secondary N) is 1. The Bertz CT molecular complexity index is 502. The molecule has 1 aromatic heterocycles. The lowest BCUT2D eigenvalue weighted by Gasteiger charge is -2.16. The van der Waals surface area contributed by atoms with E-state index in [-0.39, 0.29) is 6.04 Å². The van der Waals surface area contributed by atoms with Crippen molar-refractivity contribution in [2.24, 2.45) is 0 Å². The van der Waals surface area contributed by atoms with Crippen LogP contribution in [0.3, 0.4) is 0 Å². The van der Waals surface area contributed by atoms with E-state index in [2.05, 4.69) is 39.2 Å². The lowest BCUT2D eigenvalue weighted by atomic mass is 10.1. The van der Waals surface area contributed by atoms with Crippen molar-refractivity contribution in [1.29, 1.82) is 0 Å². The predicted molar refractivity (Wildman–Crippen MR) is 78.1 cm³/mol. The molecule has 3 nitrogen and oxygen atoms in total. The van der Waals surface area contributed by atoms with Crippen LogP contribution in [0.15, 0.2) is 33.6 Å². The second-order valence-electron chi connectivity index (χ2n) is 3.96. The Morgan fingerprint density at radius 1 is 1.50 bits per heavy atom. The molecule has 2 rings (SSSR count). The number of ether oxygens (including phenoxy) is 1. The van der Waals surface area contributed by atoms with Gasteiger partial charge in [-0.05, 0) is 26.1 Å². The van der Waals surface area contributed by atoms with E-state index in [9.17, 15) is 0 Å². The second kappa shape index (κ2) is 6.31. The lowest BCUT2D eigenvalue weighted by molar-refractivity contribution is 0.296. The quantitative estimate of drug-likeness (QED) is 0.908. The molecule has 0 saturated heterocycles. The Morgan fingerprint density at radius 2 is 2.33 bits per heavy atom. The fourth-order valence-corrected chi connectivity index (χ4v) is 2.49. The smallest absolute Gasteiger partial charge is 0.131 e. The summed E-state index contributed by atoms with van der Waals surface area (Å²) in [7, 11) is 1.94. The van der Waals surface area contributed by atoms with Crippen LogP contribution < -0.4 is 10.1 Å². The van der Waals surface area contributed by atoms with E-state index in [0.29, 0.717) is 6.61 Å². The molecule has 0 saturated carbocycles. The largest absolute Gasteiger partial charge is 0.487 e. The molecule has 1 heterocycles. The molecule has 1 unspecified atom stereocenters. The van der Waals surface area contributed by atoms with Crippen molar-refractivity contribution in [2.45, 2.75) is 19.6 Å². The van der Waals surface area contributed by atoms with E-state index < -0.39 is 0 Å². The molecule has 1 aromatic carbocycles. The number of hydrogen-bond donors (Lipinski definition) is 1. The van der Waals surface area contributed by atoms with E-state index in [4.69, 9.17) is 4.74 Å². The van der Waals surface area contributed by atoms with E-state index in [1.807, 2.05) is 30.1 Å². The topological polar surface area (TPSA) is 34.1 Å². The summed E-state index contributed by atoms with van der Waals surface area (Å²) in [4.78, 5) is 4.21. The van der Waals surface area contributed by atoms with Crippen LogP contribution in [-0.4, -0.2) is 12.0 Å². The van der Waals surface area contributed by atoms with Crippen LogP contribution >= 0.6 is 27.3 Å². The van der Waals surface area contributed by atoms with Gasteiger partial charge in [0.25, 0.3) is 0 Å². The predicted octanol–water partition coefficient (Wildman–Crippen LogP) is 3.77. The molecule has 2 aromatic rings. The molecule has 0 aliphatic carbocycles. The van der Waals surface area contributed by atoms with Gasteiger partial charge in [0.2, 0.25) is 0 Å². The lowest BCUT2D eigenvalue weighted by Crippen LogP contribution is -2.13. The number of aromatic nitrogens is 1. The van der Waals surface area contributed by atoms with Crippen molar-refractivity contribution < 1.29 is 4.74 Å². The zero-order valence-corrected chi connectivity index (χ0v) is 12.7. The van der Waals surface area contributed by atoms with E-state index in [0.717, 1.165) is 21.5 Å². The fraction of sp³-hybridized carbons (Fsp3) is 0.308. The van der Waals surface area contributed by atoms with Crippen LogP contribution in [0.4, 0.5) is 0 Å². The van der Waals surface area contributed by atoms with Crippen LogP contribution in [0.1, 0.15) is 24.2 Å². The Kier molecular flexibility index (Phi) is 4.74. The third kappa shape index (κ3) is 3.31.